The first-order chi connectivity index (χ1) is 12.2. The van der Waals surface area contributed by atoms with Gasteiger partial charge < -0.3 is 15.2 Å². The Bertz CT molecular complexity index is 677. The fraction of sp³-hybridized carbons (Fsp3) is 0.381. The Morgan fingerprint density at radius 2 is 1.68 bits per heavy atom. The Morgan fingerprint density at radius 3 is 2.24 bits per heavy atom. The van der Waals surface area contributed by atoms with E-state index in [1.54, 1.807) is 0 Å². The number of ether oxygens (including phenoxy) is 1. The summed E-state index contributed by atoms with van der Waals surface area (Å²) in [4.78, 5) is 12.2. The normalized spacial score (nSPS) is 13.8. The molecule has 2 N–H and O–H groups in total. The van der Waals surface area contributed by atoms with Gasteiger partial charge in [0.25, 0.3) is 0 Å². The van der Waals surface area contributed by atoms with Crippen molar-refractivity contribution in [3.8, 4) is 11.1 Å². The van der Waals surface area contributed by atoms with Gasteiger partial charge in [-0.15, -0.1) is 0 Å². The number of fused-ring (bicyclic) bond motifs is 3. The average Bonchev–Trinajstić information content (AvgIpc) is 2.94. The molecule has 1 aliphatic carbocycles. The maximum atomic E-state index is 12.2. The van der Waals surface area contributed by atoms with Crippen LogP contribution in [-0.2, 0) is 4.74 Å². The Kier molecular flexibility index (Phi) is 5.71. The number of carbonyl (C=O) groups excluding carboxylic acids is 1. The van der Waals surface area contributed by atoms with Crippen LogP contribution in [0.2, 0.25) is 0 Å². The van der Waals surface area contributed by atoms with Crippen LogP contribution >= 0.6 is 0 Å². The first kappa shape index (κ1) is 17.5. The molecule has 0 bridgehead atoms. The molecular formula is C21H25NO3. The number of alkyl carbamates (subject to hydrolysis) is 1. The van der Waals surface area contributed by atoms with E-state index in [9.17, 15) is 4.79 Å². The molecule has 25 heavy (non-hydrogen) atoms. The van der Waals surface area contributed by atoms with E-state index in [0.717, 1.165) is 12.8 Å². The van der Waals surface area contributed by atoms with E-state index in [0.29, 0.717) is 13.0 Å². The van der Waals surface area contributed by atoms with Crippen molar-refractivity contribution in [1.82, 2.24) is 5.32 Å². The van der Waals surface area contributed by atoms with Gasteiger partial charge in [-0.2, -0.15) is 0 Å². The highest BCUT2D eigenvalue weighted by Gasteiger charge is 2.29. The molecule has 4 heteroatoms. The van der Waals surface area contributed by atoms with Crippen molar-refractivity contribution in [3.05, 3.63) is 59.7 Å². The second-order valence-corrected chi connectivity index (χ2v) is 6.47. The third-order valence-corrected chi connectivity index (χ3v) is 4.78. The lowest BCUT2D eigenvalue weighted by atomic mass is 9.98. The summed E-state index contributed by atoms with van der Waals surface area (Å²) in [6.45, 7) is 2.44. The highest BCUT2D eigenvalue weighted by molar-refractivity contribution is 5.79. The molecule has 2 aromatic carbocycles. The molecule has 1 aliphatic rings. The van der Waals surface area contributed by atoms with Crippen LogP contribution in [0.4, 0.5) is 4.79 Å². The molecule has 0 spiro atoms. The molecule has 132 valence electrons. The molecule has 0 heterocycles. The monoisotopic (exact) mass is 339 g/mol. The number of aliphatic hydroxyl groups excluding tert-OH is 1. The van der Waals surface area contributed by atoms with Crippen molar-refractivity contribution in [3.63, 3.8) is 0 Å². The fourth-order valence-corrected chi connectivity index (χ4v) is 3.60. The number of amides is 1. The molecule has 2 aromatic rings. The van der Waals surface area contributed by atoms with Crippen LogP contribution in [0.3, 0.4) is 0 Å². The zero-order valence-corrected chi connectivity index (χ0v) is 14.6. The largest absolute Gasteiger partial charge is 0.449 e. The van der Waals surface area contributed by atoms with Crippen molar-refractivity contribution in [2.45, 2.75) is 38.1 Å². The van der Waals surface area contributed by atoms with Crippen molar-refractivity contribution in [2.75, 3.05) is 13.2 Å². The highest BCUT2D eigenvalue weighted by Crippen LogP contribution is 2.44. The van der Waals surface area contributed by atoms with E-state index in [4.69, 9.17) is 9.84 Å². The Balaban J connectivity index is 1.68. The van der Waals surface area contributed by atoms with Gasteiger partial charge in [0.15, 0.2) is 0 Å². The van der Waals surface area contributed by atoms with Gasteiger partial charge >= 0.3 is 6.09 Å². The van der Waals surface area contributed by atoms with Crippen molar-refractivity contribution >= 4 is 6.09 Å². The van der Waals surface area contributed by atoms with E-state index in [1.165, 1.54) is 22.3 Å². The highest BCUT2D eigenvalue weighted by atomic mass is 16.5. The fourth-order valence-electron chi connectivity index (χ4n) is 3.60. The maximum absolute atomic E-state index is 12.2. The van der Waals surface area contributed by atoms with Gasteiger partial charge in [-0.1, -0.05) is 61.9 Å². The maximum Gasteiger partial charge on any atom is 0.407 e. The molecule has 0 fully saturated rings. The summed E-state index contributed by atoms with van der Waals surface area (Å²) in [6, 6.07) is 16.5. The predicted molar refractivity (Wildman–Crippen MR) is 98.6 cm³/mol. The summed E-state index contributed by atoms with van der Waals surface area (Å²) in [6.07, 6.45) is 1.94. The van der Waals surface area contributed by atoms with Gasteiger partial charge in [0.1, 0.15) is 6.61 Å². The predicted octanol–water partition coefficient (Wildman–Crippen LogP) is 4.08. The van der Waals surface area contributed by atoms with Gasteiger partial charge in [-0.05, 0) is 35.1 Å². The molecule has 0 aliphatic heterocycles. The minimum atomic E-state index is -0.409. The van der Waals surface area contributed by atoms with Gasteiger partial charge in [-0.3, -0.25) is 0 Å². The molecule has 1 unspecified atom stereocenters. The summed E-state index contributed by atoms with van der Waals surface area (Å²) in [5.74, 6) is 0.0700. The standard InChI is InChI=1S/C21H25NO3/c1-2-7-15(12-13-23)22-21(24)25-14-20-18-10-5-3-8-16(18)17-9-4-6-11-19(17)20/h3-6,8-11,15,20,23H,2,7,12-14H2,1H3,(H,22,24). The van der Waals surface area contributed by atoms with E-state index in [2.05, 4.69) is 36.5 Å². The first-order valence-corrected chi connectivity index (χ1v) is 8.97. The summed E-state index contributed by atoms with van der Waals surface area (Å²) < 4.78 is 5.53. The van der Waals surface area contributed by atoms with E-state index in [-0.39, 0.29) is 18.6 Å². The SMILES string of the molecule is CCCC(CCO)NC(=O)OCC1c2ccccc2-c2ccccc21. The van der Waals surface area contributed by atoms with E-state index < -0.39 is 6.09 Å². The molecule has 1 atom stereocenters. The van der Waals surface area contributed by atoms with Crippen LogP contribution < -0.4 is 5.32 Å². The van der Waals surface area contributed by atoms with Crippen LogP contribution in [0.15, 0.2) is 48.5 Å². The number of aliphatic hydroxyl groups is 1. The van der Waals surface area contributed by atoms with Gasteiger partial charge in [0.2, 0.25) is 0 Å². The van der Waals surface area contributed by atoms with Crippen molar-refractivity contribution in [1.29, 1.82) is 0 Å². The van der Waals surface area contributed by atoms with Gasteiger partial charge in [0.05, 0.1) is 0 Å². The Hall–Kier alpha value is -2.33. The number of nitrogens with one attached hydrogen (secondary N) is 1. The zero-order chi connectivity index (χ0) is 17.6. The van der Waals surface area contributed by atoms with Gasteiger partial charge in [0, 0.05) is 18.6 Å². The first-order valence-electron chi connectivity index (χ1n) is 8.97. The lowest BCUT2D eigenvalue weighted by molar-refractivity contribution is 0.136. The number of benzene rings is 2. The zero-order valence-electron chi connectivity index (χ0n) is 14.6. The van der Waals surface area contributed by atoms with Crippen LogP contribution in [0.1, 0.15) is 43.2 Å². The minimum absolute atomic E-state index is 0.0364. The van der Waals surface area contributed by atoms with Crippen LogP contribution in [0, 0.1) is 0 Å². The summed E-state index contributed by atoms with van der Waals surface area (Å²) in [5.41, 5.74) is 4.85. The molecule has 0 saturated carbocycles. The molecule has 3 rings (SSSR count). The summed E-state index contributed by atoms with van der Waals surface area (Å²) >= 11 is 0. The minimum Gasteiger partial charge on any atom is -0.449 e. The van der Waals surface area contributed by atoms with Crippen LogP contribution in [0.25, 0.3) is 11.1 Å². The number of carbonyl (C=O) groups is 1. The number of hydrogen-bond donors (Lipinski definition) is 2. The van der Waals surface area contributed by atoms with E-state index >= 15 is 0 Å². The van der Waals surface area contributed by atoms with Crippen molar-refractivity contribution < 1.29 is 14.6 Å². The molecule has 0 aromatic heterocycles. The lowest BCUT2D eigenvalue weighted by Crippen LogP contribution is -2.36. The molecular weight excluding hydrogens is 314 g/mol. The third kappa shape index (κ3) is 3.85. The van der Waals surface area contributed by atoms with E-state index in [1.807, 2.05) is 24.3 Å². The summed E-state index contributed by atoms with van der Waals surface area (Å²) in [5, 5.41) is 12.0. The topological polar surface area (TPSA) is 58.6 Å². The second kappa shape index (κ2) is 8.17. The lowest BCUT2D eigenvalue weighted by Gasteiger charge is -2.19. The Labute approximate surface area is 148 Å². The van der Waals surface area contributed by atoms with Gasteiger partial charge in [-0.25, -0.2) is 4.79 Å². The molecule has 4 nitrogen and oxygen atoms in total. The quantitative estimate of drug-likeness (QED) is 0.799. The summed E-state index contributed by atoms with van der Waals surface area (Å²) in [7, 11) is 0. The molecule has 0 saturated heterocycles. The second-order valence-electron chi connectivity index (χ2n) is 6.47. The van der Waals surface area contributed by atoms with Crippen LogP contribution in [-0.4, -0.2) is 30.5 Å². The average molecular weight is 339 g/mol. The smallest absolute Gasteiger partial charge is 0.407 e. The van der Waals surface area contributed by atoms with Crippen LogP contribution in [0.5, 0.6) is 0 Å². The number of hydrogen-bond acceptors (Lipinski definition) is 3. The Morgan fingerprint density at radius 1 is 1.08 bits per heavy atom. The number of rotatable bonds is 7. The molecule has 1 amide bonds. The molecule has 0 radical (unpaired) electrons. The third-order valence-electron chi connectivity index (χ3n) is 4.78. The van der Waals surface area contributed by atoms with Crippen molar-refractivity contribution in [2.24, 2.45) is 0 Å².